The molecule has 0 aromatic heterocycles. The van der Waals surface area contributed by atoms with E-state index >= 15 is 0 Å². The molecule has 0 radical (unpaired) electrons. The number of hydrogen-bond donors (Lipinski definition) is 2. The first-order chi connectivity index (χ1) is 14.2. The molecule has 5 rings (SSSR count). The number of hydrogen-bond acceptors (Lipinski definition) is 4. The molecule has 2 N–H and O–H groups in total. The van der Waals surface area contributed by atoms with Crippen LogP contribution in [-0.4, -0.2) is 46.4 Å². The number of carbonyl (C=O) groups is 2. The molecule has 0 spiro atoms. The average Bonchev–Trinajstić information content (AvgIpc) is 3.36. The third-order valence-corrected chi connectivity index (χ3v) is 4.89. The van der Waals surface area contributed by atoms with Gasteiger partial charge in [0.05, 0.1) is 12.5 Å². The highest BCUT2D eigenvalue weighted by Gasteiger charge is 2.39. The van der Waals surface area contributed by atoms with Crippen LogP contribution in [0.15, 0.2) is 63.9 Å². The average molecular weight is 384 g/mol. The van der Waals surface area contributed by atoms with Gasteiger partial charge in [-0.3, -0.25) is 19.9 Å². The summed E-state index contributed by atoms with van der Waals surface area (Å²) in [5.74, 6) is 6.43. The Balaban J connectivity index is 1.53. The van der Waals surface area contributed by atoms with E-state index in [1.54, 1.807) is 12.3 Å². The standard InChI is InChI=1S/C22H17N5O2/c28-19-11-15(22(29)26-19)10-18-12-23-21-20(24-16-8-9-16)25-17(13-27(18)21)7-6-14-4-2-1-3-5-14/h1-5,10,12-13,16,21H,8-9,11H2,(H-,23,24,25,26,28,29)/p+1. The first-order valence-corrected chi connectivity index (χ1v) is 9.52. The van der Waals surface area contributed by atoms with Crippen LogP contribution in [0.4, 0.5) is 0 Å². The summed E-state index contributed by atoms with van der Waals surface area (Å²) in [6.07, 6.45) is 7.24. The highest BCUT2D eigenvalue weighted by molar-refractivity contribution is 6.36. The molecular formula is C22H18N5O2+. The van der Waals surface area contributed by atoms with Crippen molar-refractivity contribution in [3.63, 3.8) is 0 Å². The Morgan fingerprint density at radius 1 is 1.14 bits per heavy atom. The SMILES string of the molecule is O=C1C/C(=C\C2=[N+]3C=C(C#Cc4ccccc4)NC(=NC4CC4)C3N=C2)C(=O)N1. The van der Waals surface area contributed by atoms with Crippen molar-refractivity contribution in [1.82, 2.24) is 10.6 Å². The normalized spacial score (nSPS) is 25.5. The van der Waals surface area contributed by atoms with E-state index in [1.807, 2.05) is 41.1 Å². The lowest BCUT2D eigenvalue weighted by Crippen LogP contribution is -2.43. The maximum Gasteiger partial charge on any atom is 0.310 e. The summed E-state index contributed by atoms with van der Waals surface area (Å²) < 4.78 is 1.94. The van der Waals surface area contributed by atoms with Crippen LogP contribution in [0.3, 0.4) is 0 Å². The van der Waals surface area contributed by atoms with Gasteiger partial charge in [-0.1, -0.05) is 24.1 Å². The van der Waals surface area contributed by atoms with Crippen molar-refractivity contribution >= 4 is 29.6 Å². The van der Waals surface area contributed by atoms with Crippen LogP contribution in [0, 0.1) is 11.8 Å². The van der Waals surface area contributed by atoms with Crippen LogP contribution < -0.4 is 10.6 Å². The molecule has 7 heteroatoms. The van der Waals surface area contributed by atoms with Crippen molar-refractivity contribution < 1.29 is 14.2 Å². The Labute approximate surface area is 167 Å². The number of amides is 2. The Kier molecular flexibility index (Phi) is 4.17. The van der Waals surface area contributed by atoms with Crippen LogP contribution in [0.5, 0.6) is 0 Å². The summed E-state index contributed by atoms with van der Waals surface area (Å²) >= 11 is 0. The van der Waals surface area contributed by atoms with Gasteiger partial charge in [0.25, 0.3) is 5.91 Å². The number of benzene rings is 1. The monoisotopic (exact) mass is 384 g/mol. The predicted molar refractivity (Wildman–Crippen MR) is 108 cm³/mol. The summed E-state index contributed by atoms with van der Waals surface area (Å²) in [7, 11) is 0. The van der Waals surface area contributed by atoms with Gasteiger partial charge in [0.15, 0.2) is 11.5 Å². The van der Waals surface area contributed by atoms with Crippen LogP contribution >= 0.6 is 0 Å². The summed E-state index contributed by atoms with van der Waals surface area (Å²) in [5, 5.41) is 5.62. The maximum atomic E-state index is 11.9. The van der Waals surface area contributed by atoms with Gasteiger partial charge in [0, 0.05) is 17.2 Å². The van der Waals surface area contributed by atoms with Crippen molar-refractivity contribution in [2.45, 2.75) is 31.5 Å². The molecule has 1 saturated heterocycles. The quantitative estimate of drug-likeness (QED) is 0.344. The van der Waals surface area contributed by atoms with Gasteiger partial charge in [0.1, 0.15) is 6.21 Å². The van der Waals surface area contributed by atoms with Crippen molar-refractivity contribution in [3.8, 4) is 11.8 Å². The molecule has 3 aliphatic heterocycles. The zero-order valence-corrected chi connectivity index (χ0v) is 15.6. The predicted octanol–water partition coefficient (Wildman–Crippen LogP) is 0.880. The Hall–Kier alpha value is -3.79. The highest BCUT2D eigenvalue weighted by Crippen LogP contribution is 2.25. The molecule has 2 fully saturated rings. The molecule has 1 aromatic rings. The van der Waals surface area contributed by atoms with E-state index in [-0.39, 0.29) is 24.4 Å². The van der Waals surface area contributed by atoms with E-state index in [4.69, 9.17) is 4.99 Å². The third-order valence-electron chi connectivity index (χ3n) is 4.89. The summed E-state index contributed by atoms with van der Waals surface area (Å²) in [5.41, 5.74) is 2.79. The number of fused-ring (bicyclic) bond motifs is 1. The molecule has 7 nitrogen and oxygen atoms in total. The number of aliphatic imine (C=N–C) groups is 2. The lowest BCUT2D eigenvalue weighted by molar-refractivity contribution is -0.475. The van der Waals surface area contributed by atoms with E-state index in [0.717, 1.165) is 30.0 Å². The van der Waals surface area contributed by atoms with E-state index in [1.165, 1.54) is 0 Å². The maximum absolute atomic E-state index is 11.9. The summed E-state index contributed by atoms with van der Waals surface area (Å²) in [6.45, 7) is 0. The van der Waals surface area contributed by atoms with Crippen molar-refractivity contribution in [3.05, 3.63) is 59.4 Å². The number of allylic oxidation sites excluding steroid dienone is 2. The number of nitrogens with zero attached hydrogens (tertiary/aromatic N) is 3. The minimum Gasteiger partial charge on any atom is -0.325 e. The second kappa shape index (κ2) is 6.99. The van der Waals surface area contributed by atoms with Gasteiger partial charge >= 0.3 is 6.17 Å². The van der Waals surface area contributed by atoms with Crippen LogP contribution in [0.1, 0.15) is 24.8 Å². The molecule has 1 saturated carbocycles. The van der Waals surface area contributed by atoms with Gasteiger partial charge in [-0.2, -0.15) is 4.58 Å². The molecule has 1 aliphatic carbocycles. The molecule has 1 atom stereocenters. The van der Waals surface area contributed by atoms with E-state index < -0.39 is 0 Å². The van der Waals surface area contributed by atoms with E-state index in [9.17, 15) is 9.59 Å². The van der Waals surface area contributed by atoms with Gasteiger partial charge in [-0.05, 0) is 30.9 Å². The fourth-order valence-electron chi connectivity index (χ4n) is 3.28. The second-order valence-corrected chi connectivity index (χ2v) is 7.24. The van der Waals surface area contributed by atoms with Gasteiger partial charge in [-0.15, -0.1) is 0 Å². The second-order valence-electron chi connectivity index (χ2n) is 7.24. The van der Waals surface area contributed by atoms with Crippen molar-refractivity contribution in [1.29, 1.82) is 0 Å². The molecule has 0 bridgehead atoms. The molecule has 29 heavy (non-hydrogen) atoms. The lowest BCUT2D eigenvalue weighted by Gasteiger charge is -2.16. The third kappa shape index (κ3) is 3.65. The first-order valence-electron chi connectivity index (χ1n) is 9.52. The van der Waals surface area contributed by atoms with Gasteiger partial charge in [0.2, 0.25) is 17.8 Å². The number of imide groups is 1. The number of amidine groups is 1. The molecule has 3 heterocycles. The molecule has 1 aromatic carbocycles. The molecule has 1 unspecified atom stereocenters. The largest absolute Gasteiger partial charge is 0.325 e. The Morgan fingerprint density at radius 3 is 2.69 bits per heavy atom. The summed E-state index contributed by atoms with van der Waals surface area (Å²) in [6, 6.07) is 10.1. The first kappa shape index (κ1) is 17.3. The van der Waals surface area contributed by atoms with Gasteiger partial charge in [-0.25, -0.2) is 4.99 Å². The number of nitrogens with one attached hydrogen (secondary N) is 2. The molecule has 4 aliphatic rings. The smallest absolute Gasteiger partial charge is 0.310 e. The van der Waals surface area contributed by atoms with Crippen molar-refractivity contribution in [2.75, 3.05) is 0 Å². The molecular weight excluding hydrogens is 366 g/mol. The Bertz CT molecular complexity index is 1120. The molecule has 142 valence electrons. The zero-order chi connectivity index (χ0) is 19.8. The lowest BCUT2D eigenvalue weighted by atomic mass is 10.1. The van der Waals surface area contributed by atoms with E-state index in [2.05, 4.69) is 27.5 Å². The fourth-order valence-corrected chi connectivity index (χ4v) is 3.28. The highest BCUT2D eigenvalue weighted by atomic mass is 16.2. The Morgan fingerprint density at radius 2 is 1.97 bits per heavy atom. The fraction of sp³-hybridized carbons (Fsp3) is 0.227. The number of carbonyl (C=O) groups excluding carboxylic acids is 2. The summed E-state index contributed by atoms with van der Waals surface area (Å²) in [4.78, 5) is 32.7. The molecule has 2 amide bonds. The van der Waals surface area contributed by atoms with Crippen LogP contribution in [-0.2, 0) is 9.59 Å². The zero-order valence-electron chi connectivity index (χ0n) is 15.6. The minimum atomic E-state index is -0.352. The number of rotatable bonds is 2. The van der Waals surface area contributed by atoms with Crippen molar-refractivity contribution in [2.24, 2.45) is 9.98 Å². The topological polar surface area (TPSA) is 85.9 Å². The van der Waals surface area contributed by atoms with E-state index in [0.29, 0.717) is 17.3 Å². The van der Waals surface area contributed by atoms with Crippen LogP contribution in [0.2, 0.25) is 0 Å². The minimum absolute atomic E-state index is 0.0837. The van der Waals surface area contributed by atoms with Gasteiger partial charge < -0.3 is 5.32 Å². The van der Waals surface area contributed by atoms with Crippen LogP contribution in [0.25, 0.3) is 0 Å².